The van der Waals surface area contributed by atoms with E-state index in [0.717, 1.165) is 25.4 Å². The minimum Gasteiger partial charge on any atom is -0.493 e. The van der Waals surface area contributed by atoms with Gasteiger partial charge in [-0.1, -0.05) is 24.3 Å². The predicted molar refractivity (Wildman–Crippen MR) is 98.8 cm³/mol. The quantitative estimate of drug-likeness (QED) is 0.757. The molecule has 24 heavy (non-hydrogen) atoms. The van der Waals surface area contributed by atoms with Crippen molar-refractivity contribution >= 4 is 10.9 Å². The lowest BCUT2D eigenvalue weighted by atomic mass is 9.89. The van der Waals surface area contributed by atoms with Gasteiger partial charge in [-0.25, -0.2) is 0 Å². The summed E-state index contributed by atoms with van der Waals surface area (Å²) in [5, 5.41) is 4.88. The van der Waals surface area contributed by atoms with Gasteiger partial charge in [-0.2, -0.15) is 0 Å². The van der Waals surface area contributed by atoms with Gasteiger partial charge in [0.05, 0.1) is 6.61 Å². The van der Waals surface area contributed by atoms with Gasteiger partial charge in [-0.05, 0) is 48.7 Å². The maximum atomic E-state index is 6.14. The molecule has 0 bridgehead atoms. The molecule has 3 nitrogen and oxygen atoms in total. The predicted octanol–water partition coefficient (Wildman–Crippen LogP) is 4.17. The van der Waals surface area contributed by atoms with Crippen LogP contribution in [0.2, 0.25) is 0 Å². The number of aromatic amines is 1. The Bertz CT molecular complexity index is 832. The second-order valence-corrected chi connectivity index (χ2v) is 6.95. The molecule has 0 aliphatic carbocycles. The summed E-state index contributed by atoms with van der Waals surface area (Å²) in [6.07, 6.45) is 2.17. The number of para-hydroxylation sites is 1. The van der Waals surface area contributed by atoms with Crippen LogP contribution in [0.5, 0.6) is 5.75 Å². The van der Waals surface area contributed by atoms with E-state index < -0.39 is 0 Å². The molecule has 1 aliphatic rings. The zero-order valence-corrected chi connectivity index (χ0v) is 14.3. The fourth-order valence-corrected chi connectivity index (χ4v) is 3.89. The van der Waals surface area contributed by atoms with Crippen LogP contribution >= 0.6 is 0 Å². The van der Waals surface area contributed by atoms with Gasteiger partial charge in [-0.15, -0.1) is 0 Å². The Morgan fingerprint density at radius 1 is 1.04 bits per heavy atom. The van der Waals surface area contributed by atoms with Gasteiger partial charge < -0.3 is 15.0 Å². The van der Waals surface area contributed by atoms with E-state index in [-0.39, 0.29) is 0 Å². The van der Waals surface area contributed by atoms with Crippen molar-refractivity contribution in [3.63, 3.8) is 0 Å². The van der Waals surface area contributed by atoms with Crippen LogP contribution < -0.4 is 10.1 Å². The van der Waals surface area contributed by atoms with E-state index in [1.807, 2.05) is 0 Å². The van der Waals surface area contributed by atoms with Gasteiger partial charge in [0.25, 0.3) is 0 Å². The first kappa shape index (κ1) is 15.3. The summed E-state index contributed by atoms with van der Waals surface area (Å²) in [6.45, 7) is 7.01. The van der Waals surface area contributed by atoms with Gasteiger partial charge in [0.15, 0.2) is 0 Å². The zero-order chi connectivity index (χ0) is 16.5. The highest BCUT2D eigenvalue weighted by Gasteiger charge is 2.30. The molecular weight excluding hydrogens is 296 g/mol. The number of benzene rings is 2. The van der Waals surface area contributed by atoms with Crippen LogP contribution in [0.4, 0.5) is 0 Å². The number of hydrogen-bond donors (Lipinski definition) is 2. The summed E-state index contributed by atoms with van der Waals surface area (Å²) < 4.78 is 6.14. The second kappa shape index (κ2) is 6.33. The number of ether oxygens (including phenoxy) is 1. The lowest BCUT2D eigenvalue weighted by Gasteiger charge is -2.19. The van der Waals surface area contributed by atoms with Crippen LogP contribution in [0.1, 0.15) is 22.6 Å². The molecule has 0 radical (unpaired) electrons. The molecule has 1 aromatic heterocycles. The van der Waals surface area contributed by atoms with Crippen LogP contribution in [0.15, 0.2) is 48.7 Å². The minimum atomic E-state index is 0.491. The number of rotatable bonds is 4. The molecule has 2 atom stereocenters. The summed E-state index contributed by atoms with van der Waals surface area (Å²) in [7, 11) is 0. The number of fused-ring (bicyclic) bond motifs is 1. The Kier molecular flexibility index (Phi) is 4.03. The SMILES string of the molecule is Cc1cc(C)cc(OC[C@H]2CNC[C@@H]2c2c[nH]c3ccccc23)c1. The van der Waals surface area contributed by atoms with Crippen molar-refractivity contribution < 1.29 is 4.74 Å². The maximum absolute atomic E-state index is 6.14. The number of aryl methyl sites for hydroxylation is 2. The van der Waals surface area contributed by atoms with Crippen molar-refractivity contribution in [2.24, 2.45) is 5.92 Å². The molecule has 1 saturated heterocycles. The average Bonchev–Trinajstić information content (AvgIpc) is 3.18. The van der Waals surface area contributed by atoms with E-state index in [9.17, 15) is 0 Å². The number of H-pyrrole nitrogens is 1. The first-order valence-corrected chi connectivity index (χ1v) is 8.68. The summed E-state index contributed by atoms with van der Waals surface area (Å²) in [5.74, 6) is 1.97. The van der Waals surface area contributed by atoms with E-state index in [2.05, 4.69) is 72.8 Å². The first-order chi connectivity index (χ1) is 11.7. The van der Waals surface area contributed by atoms with Crippen molar-refractivity contribution in [1.82, 2.24) is 10.3 Å². The molecule has 0 unspecified atom stereocenters. The molecule has 1 aliphatic heterocycles. The lowest BCUT2D eigenvalue weighted by Crippen LogP contribution is -2.19. The van der Waals surface area contributed by atoms with Crippen LogP contribution in [-0.4, -0.2) is 24.7 Å². The van der Waals surface area contributed by atoms with E-state index in [1.165, 1.54) is 27.6 Å². The Morgan fingerprint density at radius 3 is 2.67 bits per heavy atom. The van der Waals surface area contributed by atoms with Crippen LogP contribution in [0.3, 0.4) is 0 Å². The average molecular weight is 320 g/mol. The molecule has 3 aromatic rings. The highest BCUT2D eigenvalue weighted by atomic mass is 16.5. The summed E-state index contributed by atoms with van der Waals surface area (Å²) in [5.41, 5.74) is 5.13. The van der Waals surface area contributed by atoms with Crippen molar-refractivity contribution in [2.45, 2.75) is 19.8 Å². The lowest BCUT2D eigenvalue weighted by molar-refractivity contribution is 0.248. The normalized spacial score (nSPS) is 20.6. The van der Waals surface area contributed by atoms with Gasteiger partial charge in [-0.3, -0.25) is 0 Å². The Morgan fingerprint density at radius 2 is 1.83 bits per heavy atom. The topological polar surface area (TPSA) is 37.0 Å². The number of hydrogen-bond acceptors (Lipinski definition) is 2. The molecular formula is C21H24N2O. The number of nitrogens with one attached hydrogen (secondary N) is 2. The molecule has 2 aromatic carbocycles. The molecule has 2 N–H and O–H groups in total. The van der Waals surface area contributed by atoms with Gasteiger partial charge in [0.1, 0.15) is 5.75 Å². The monoisotopic (exact) mass is 320 g/mol. The fraction of sp³-hybridized carbons (Fsp3) is 0.333. The Hall–Kier alpha value is -2.26. The number of aromatic nitrogens is 1. The minimum absolute atomic E-state index is 0.491. The highest BCUT2D eigenvalue weighted by molar-refractivity contribution is 5.83. The third kappa shape index (κ3) is 2.92. The van der Waals surface area contributed by atoms with Gasteiger partial charge in [0.2, 0.25) is 0 Å². The standard InChI is InChI=1S/C21H24N2O/c1-14-7-15(2)9-17(8-14)24-13-16-10-22-11-19(16)20-12-23-21-6-4-3-5-18(20)21/h3-9,12,16,19,22-23H,10-11,13H2,1-2H3/t16-,19+/m1/s1. The Balaban J connectivity index is 1.52. The second-order valence-electron chi connectivity index (χ2n) is 6.95. The smallest absolute Gasteiger partial charge is 0.119 e. The van der Waals surface area contributed by atoms with Gasteiger partial charge >= 0.3 is 0 Å². The largest absolute Gasteiger partial charge is 0.493 e. The maximum Gasteiger partial charge on any atom is 0.119 e. The summed E-state index contributed by atoms with van der Waals surface area (Å²) in [4.78, 5) is 3.41. The molecule has 0 spiro atoms. The van der Waals surface area contributed by atoms with Crippen LogP contribution in [-0.2, 0) is 0 Å². The molecule has 3 heteroatoms. The first-order valence-electron chi connectivity index (χ1n) is 8.68. The molecule has 0 saturated carbocycles. The van der Waals surface area contributed by atoms with Crippen LogP contribution in [0, 0.1) is 19.8 Å². The van der Waals surface area contributed by atoms with Crippen LogP contribution in [0.25, 0.3) is 10.9 Å². The fourth-order valence-electron chi connectivity index (χ4n) is 3.89. The van der Waals surface area contributed by atoms with Crippen molar-refractivity contribution in [1.29, 1.82) is 0 Å². The third-order valence-electron chi connectivity index (χ3n) is 5.02. The summed E-state index contributed by atoms with van der Waals surface area (Å²) >= 11 is 0. The third-order valence-corrected chi connectivity index (χ3v) is 5.02. The van der Waals surface area contributed by atoms with Gasteiger partial charge in [0, 0.05) is 42.0 Å². The van der Waals surface area contributed by atoms with Crippen molar-refractivity contribution in [2.75, 3.05) is 19.7 Å². The zero-order valence-electron chi connectivity index (χ0n) is 14.3. The Labute approximate surface area is 143 Å². The summed E-state index contributed by atoms with van der Waals surface area (Å²) in [6, 6.07) is 15.0. The molecule has 2 heterocycles. The molecule has 1 fully saturated rings. The van der Waals surface area contributed by atoms with E-state index in [4.69, 9.17) is 4.74 Å². The van der Waals surface area contributed by atoms with E-state index >= 15 is 0 Å². The van der Waals surface area contributed by atoms with Crippen molar-refractivity contribution in [3.8, 4) is 5.75 Å². The van der Waals surface area contributed by atoms with E-state index in [0.29, 0.717) is 11.8 Å². The molecule has 124 valence electrons. The van der Waals surface area contributed by atoms with Crippen molar-refractivity contribution in [3.05, 3.63) is 65.4 Å². The highest BCUT2D eigenvalue weighted by Crippen LogP contribution is 2.33. The van der Waals surface area contributed by atoms with E-state index in [1.54, 1.807) is 0 Å². The molecule has 4 rings (SSSR count). The molecule has 0 amide bonds.